The molecule has 4 heteroatoms. The normalized spacial score (nSPS) is 20.6. The first-order valence-electron chi connectivity index (χ1n) is 6.28. The van der Waals surface area contributed by atoms with Crippen molar-refractivity contribution in [2.45, 2.75) is 12.6 Å². The molecule has 1 unspecified atom stereocenters. The summed E-state index contributed by atoms with van der Waals surface area (Å²) in [7, 11) is 2.12. The third-order valence-corrected chi connectivity index (χ3v) is 3.13. The molecule has 1 aliphatic rings. The van der Waals surface area contributed by atoms with Gasteiger partial charge in [0, 0.05) is 26.2 Å². The topological polar surface area (TPSA) is 48.3 Å². The number of nitrogens with one attached hydrogen (secondary N) is 1. The molecule has 18 heavy (non-hydrogen) atoms. The minimum absolute atomic E-state index is 0.280. The highest BCUT2D eigenvalue weighted by Gasteiger charge is 2.16. The Kier molecular flexibility index (Phi) is 4.71. The number of benzene rings is 1. The number of ether oxygens (including phenoxy) is 1. The molecule has 0 amide bonds. The van der Waals surface area contributed by atoms with Crippen molar-refractivity contribution < 1.29 is 4.74 Å². The number of rotatable bonds is 4. The Morgan fingerprint density at radius 1 is 1.44 bits per heavy atom. The maximum Gasteiger partial charge on any atom is 0.0991 e. The largest absolute Gasteiger partial charge is 0.374 e. The molecular formula is C14H19N3O. The van der Waals surface area contributed by atoms with E-state index in [1.165, 1.54) is 5.56 Å². The number of likely N-dealkylation sites (N-methyl/N-ethyl adjacent to an activating group) is 1. The monoisotopic (exact) mass is 245 g/mol. The molecule has 96 valence electrons. The first-order chi connectivity index (χ1) is 8.78. The summed E-state index contributed by atoms with van der Waals surface area (Å²) in [5.41, 5.74) is 1.90. The van der Waals surface area contributed by atoms with E-state index in [1.807, 2.05) is 24.3 Å². The second-order valence-electron chi connectivity index (χ2n) is 4.69. The maximum atomic E-state index is 8.71. The second kappa shape index (κ2) is 6.50. The van der Waals surface area contributed by atoms with Gasteiger partial charge in [0.1, 0.15) is 0 Å². The van der Waals surface area contributed by atoms with Crippen molar-refractivity contribution in [2.75, 3.05) is 33.3 Å². The second-order valence-corrected chi connectivity index (χ2v) is 4.69. The van der Waals surface area contributed by atoms with E-state index in [-0.39, 0.29) is 6.10 Å². The Labute approximate surface area is 108 Å². The first-order valence-corrected chi connectivity index (χ1v) is 6.28. The number of hydrogen-bond acceptors (Lipinski definition) is 4. The molecule has 1 saturated heterocycles. The molecule has 1 heterocycles. The van der Waals surface area contributed by atoms with Gasteiger partial charge in [0.2, 0.25) is 0 Å². The van der Waals surface area contributed by atoms with Crippen LogP contribution in [-0.4, -0.2) is 44.3 Å². The molecule has 4 nitrogen and oxygen atoms in total. The Balaban J connectivity index is 1.72. The van der Waals surface area contributed by atoms with Crippen molar-refractivity contribution in [3.8, 4) is 6.07 Å². The van der Waals surface area contributed by atoms with E-state index < -0.39 is 0 Å². The van der Waals surface area contributed by atoms with Crippen LogP contribution in [0.2, 0.25) is 0 Å². The summed E-state index contributed by atoms with van der Waals surface area (Å²) < 4.78 is 5.68. The molecule has 1 aliphatic heterocycles. The van der Waals surface area contributed by atoms with Crippen LogP contribution in [0.4, 0.5) is 0 Å². The van der Waals surface area contributed by atoms with Gasteiger partial charge in [0.05, 0.1) is 24.3 Å². The van der Waals surface area contributed by atoms with E-state index >= 15 is 0 Å². The summed E-state index contributed by atoms with van der Waals surface area (Å²) >= 11 is 0. The van der Waals surface area contributed by atoms with Crippen molar-refractivity contribution in [3.63, 3.8) is 0 Å². The molecule has 0 saturated carbocycles. The van der Waals surface area contributed by atoms with Crippen molar-refractivity contribution in [2.24, 2.45) is 0 Å². The van der Waals surface area contributed by atoms with Gasteiger partial charge in [-0.15, -0.1) is 0 Å². The standard InChI is InChI=1S/C14H19N3O/c1-17-6-7-18-14(11-17)10-16-9-13-4-2-12(8-15)3-5-13/h2-5,14,16H,6-7,9-11H2,1H3. The molecule has 1 aromatic carbocycles. The van der Waals surface area contributed by atoms with Crippen LogP contribution in [0.5, 0.6) is 0 Å². The van der Waals surface area contributed by atoms with Gasteiger partial charge < -0.3 is 15.0 Å². The van der Waals surface area contributed by atoms with Gasteiger partial charge in [-0.05, 0) is 24.7 Å². The fourth-order valence-corrected chi connectivity index (χ4v) is 2.06. The SMILES string of the molecule is CN1CCOC(CNCc2ccc(C#N)cc2)C1. The van der Waals surface area contributed by atoms with Gasteiger partial charge in [-0.2, -0.15) is 5.26 Å². The highest BCUT2D eigenvalue weighted by Crippen LogP contribution is 2.04. The molecule has 1 fully saturated rings. The highest BCUT2D eigenvalue weighted by molar-refractivity contribution is 5.31. The maximum absolute atomic E-state index is 8.71. The Morgan fingerprint density at radius 2 is 2.22 bits per heavy atom. The van der Waals surface area contributed by atoms with Crippen molar-refractivity contribution in [1.29, 1.82) is 5.26 Å². The van der Waals surface area contributed by atoms with E-state index in [4.69, 9.17) is 10.00 Å². The number of hydrogen-bond donors (Lipinski definition) is 1. The van der Waals surface area contributed by atoms with E-state index in [0.29, 0.717) is 5.56 Å². The zero-order chi connectivity index (χ0) is 12.8. The summed E-state index contributed by atoms with van der Waals surface area (Å²) in [5, 5.41) is 12.1. The molecule has 0 spiro atoms. The predicted octanol–water partition coefficient (Wildman–Crippen LogP) is 0.978. The summed E-state index contributed by atoms with van der Waals surface area (Å²) in [6, 6.07) is 9.79. The Hall–Kier alpha value is -1.41. The number of morpholine rings is 1. The molecule has 1 aromatic rings. The summed E-state index contributed by atoms with van der Waals surface area (Å²) in [6.07, 6.45) is 0.280. The molecule has 0 bridgehead atoms. The highest BCUT2D eigenvalue weighted by atomic mass is 16.5. The van der Waals surface area contributed by atoms with Gasteiger partial charge in [0.15, 0.2) is 0 Å². The lowest BCUT2D eigenvalue weighted by Gasteiger charge is -2.30. The summed E-state index contributed by atoms with van der Waals surface area (Å²) in [4.78, 5) is 2.29. The van der Waals surface area contributed by atoms with Crippen LogP contribution in [0, 0.1) is 11.3 Å². The molecule has 2 rings (SSSR count). The lowest BCUT2D eigenvalue weighted by atomic mass is 10.1. The van der Waals surface area contributed by atoms with E-state index in [1.54, 1.807) is 0 Å². The average Bonchev–Trinajstić information content (AvgIpc) is 2.40. The van der Waals surface area contributed by atoms with Crippen molar-refractivity contribution in [3.05, 3.63) is 35.4 Å². The van der Waals surface area contributed by atoms with Crippen LogP contribution in [0.3, 0.4) is 0 Å². The third kappa shape index (κ3) is 3.81. The van der Waals surface area contributed by atoms with Gasteiger partial charge in [0.25, 0.3) is 0 Å². The molecule has 1 atom stereocenters. The van der Waals surface area contributed by atoms with Crippen LogP contribution in [-0.2, 0) is 11.3 Å². The minimum atomic E-state index is 0.280. The van der Waals surface area contributed by atoms with Crippen LogP contribution in [0.25, 0.3) is 0 Å². The van der Waals surface area contributed by atoms with Gasteiger partial charge in [-0.1, -0.05) is 12.1 Å². The van der Waals surface area contributed by atoms with Crippen LogP contribution in [0.1, 0.15) is 11.1 Å². The first kappa shape index (κ1) is 13.0. The average molecular weight is 245 g/mol. The Bertz CT molecular complexity index is 410. The smallest absolute Gasteiger partial charge is 0.0991 e. The third-order valence-electron chi connectivity index (χ3n) is 3.13. The van der Waals surface area contributed by atoms with Crippen LogP contribution in [0.15, 0.2) is 24.3 Å². The fraction of sp³-hybridized carbons (Fsp3) is 0.500. The molecule has 0 aromatic heterocycles. The van der Waals surface area contributed by atoms with Gasteiger partial charge >= 0.3 is 0 Å². The molecule has 0 radical (unpaired) electrons. The van der Waals surface area contributed by atoms with E-state index in [0.717, 1.165) is 32.8 Å². The molecule has 1 N–H and O–H groups in total. The predicted molar refractivity (Wildman–Crippen MR) is 70.1 cm³/mol. The quantitative estimate of drug-likeness (QED) is 0.859. The van der Waals surface area contributed by atoms with Crippen molar-refractivity contribution >= 4 is 0 Å². The summed E-state index contributed by atoms with van der Waals surface area (Å²) in [6.45, 7) is 4.51. The van der Waals surface area contributed by atoms with E-state index in [2.05, 4.69) is 23.3 Å². The summed E-state index contributed by atoms with van der Waals surface area (Å²) in [5.74, 6) is 0. The van der Waals surface area contributed by atoms with Crippen LogP contribution >= 0.6 is 0 Å². The fourth-order valence-electron chi connectivity index (χ4n) is 2.06. The molecular weight excluding hydrogens is 226 g/mol. The molecule has 0 aliphatic carbocycles. The van der Waals surface area contributed by atoms with Gasteiger partial charge in [-0.25, -0.2) is 0 Å². The zero-order valence-electron chi connectivity index (χ0n) is 10.7. The van der Waals surface area contributed by atoms with Gasteiger partial charge in [-0.3, -0.25) is 0 Å². The number of nitriles is 1. The van der Waals surface area contributed by atoms with Crippen molar-refractivity contribution in [1.82, 2.24) is 10.2 Å². The number of nitrogens with zero attached hydrogens (tertiary/aromatic N) is 2. The lowest BCUT2D eigenvalue weighted by molar-refractivity contribution is -0.0182. The minimum Gasteiger partial charge on any atom is -0.374 e. The Morgan fingerprint density at radius 3 is 2.89 bits per heavy atom. The zero-order valence-corrected chi connectivity index (χ0v) is 10.7. The lowest BCUT2D eigenvalue weighted by Crippen LogP contribution is -2.44. The van der Waals surface area contributed by atoms with Crippen LogP contribution < -0.4 is 5.32 Å². The van der Waals surface area contributed by atoms with E-state index in [9.17, 15) is 0 Å².